The van der Waals surface area contributed by atoms with Crippen LogP contribution in [0.15, 0.2) is 96.1 Å². The van der Waals surface area contributed by atoms with Crippen LogP contribution >= 0.6 is 23.2 Å². The SMILES string of the molecule is CC(C)n1c2ccccc2c2cc(C=NN(c3ccc(Cl)cc3)c3ccc(Cl)cc3)ccc21. The Kier molecular flexibility index (Phi) is 5.84. The molecule has 0 N–H and O–H groups in total. The number of anilines is 2. The quantitative estimate of drug-likeness (QED) is 0.185. The van der Waals surface area contributed by atoms with E-state index in [0.29, 0.717) is 16.1 Å². The maximum atomic E-state index is 6.11. The van der Waals surface area contributed by atoms with Gasteiger partial charge in [0.05, 0.1) is 17.6 Å². The van der Waals surface area contributed by atoms with Crippen molar-refractivity contribution < 1.29 is 0 Å². The fourth-order valence-corrected chi connectivity index (χ4v) is 4.48. The molecule has 0 aliphatic heterocycles. The number of halogens is 2. The average Bonchev–Trinajstić information content (AvgIpc) is 3.15. The van der Waals surface area contributed by atoms with Gasteiger partial charge < -0.3 is 4.57 Å². The molecule has 4 aromatic carbocycles. The summed E-state index contributed by atoms with van der Waals surface area (Å²) in [4.78, 5) is 0. The Hall–Kier alpha value is -3.27. The maximum absolute atomic E-state index is 6.11. The Labute approximate surface area is 203 Å². The van der Waals surface area contributed by atoms with Gasteiger partial charge in [-0.15, -0.1) is 0 Å². The molecular formula is C28H23Cl2N3. The highest BCUT2D eigenvalue weighted by molar-refractivity contribution is 6.31. The summed E-state index contributed by atoms with van der Waals surface area (Å²) in [6, 6.07) is 30.7. The van der Waals surface area contributed by atoms with Crippen LogP contribution in [0.4, 0.5) is 11.4 Å². The standard InChI is InChI=1S/C28H23Cl2N3/c1-19(2)32-27-6-4-3-5-25(27)26-17-20(7-16-28(26)32)18-31-33(23-12-8-21(29)9-13-23)24-14-10-22(30)11-15-24/h3-19H,1-2H3. The van der Waals surface area contributed by atoms with Crippen molar-refractivity contribution >= 4 is 62.6 Å². The Bertz CT molecular complexity index is 1400. The van der Waals surface area contributed by atoms with Crippen LogP contribution < -0.4 is 5.01 Å². The smallest absolute Gasteiger partial charge is 0.0653 e. The van der Waals surface area contributed by atoms with E-state index in [0.717, 1.165) is 16.9 Å². The second-order valence-corrected chi connectivity index (χ2v) is 9.14. The molecule has 164 valence electrons. The average molecular weight is 472 g/mol. The molecule has 0 saturated heterocycles. The van der Waals surface area contributed by atoms with Crippen LogP contribution in [0.5, 0.6) is 0 Å². The third-order valence-corrected chi connectivity index (χ3v) is 6.22. The number of hydrogen-bond donors (Lipinski definition) is 0. The highest BCUT2D eigenvalue weighted by Crippen LogP contribution is 2.33. The minimum absolute atomic E-state index is 0.372. The number of para-hydroxylation sites is 1. The van der Waals surface area contributed by atoms with Crippen molar-refractivity contribution in [2.75, 3.05) is 5.01 Å². The number of rotatable bonds is 5. The van der Waals surface area contributed by atoms with Crippen molar-refractivity contribution in [1.82, 2.24) is 4.57 Å². The zero-order valence-corrected chi connectivity index (χ0v) is 19.9. The molecule has 0 saturated carbocycles. The van der Waals surface area contributed by atoms with Gasteiger partial charge in [-0.1, -0.05) is 47.5 Å². The van der Waals surface area contributed by atoms with Crippen LogP contribution in [0.2, 0.25) is 10.0 Å². The topological polar surface area (TPSA) is 20.5 Å². The molecule has 0 aliphatic rings. The second-order valence-electron chi connectivity index (χ2n) is 8.27. The van der Waals surface area contributed by atoms with Crippen LogP contribution in [0.25, 0.3) is 21.8 Å². The number of aromatic nitrogens is 1. The molecule has 33 heavy (non-hydrogen) atoms. The third-order valence-electron chi connectivity index (χ3n) is 5.71. The summed E-state index contributed by atoms with van der Waals surface area (Å²) < 4.78 is 2.39. The number of nitrogens with zero attached hydrogens (tertiary/aromatic N) is 3. The largest absolute Gasteiger partial charge is 0.338 e. The summed E-state index contributed by atoms with van der Waals surface area (Å²) in [5.74, 6) is 0. The number of hydrogen-bond acceptors (Lipinski definition) is 2. The van der Waals surface area contributed by atoms with Crippen molar-refractivity contribution in [2.24, 2.45) is 5.10 Å². The lowest BCUT2D eigenvalue weighted by Crippen LogP contribution is -2.09. The number of hydrazone groups is 1. The Balaban J connectivity index is 1.59. The summed E-state index contributed by atoms with van der Waals surface area (Å²) in [5.41, 5.74) is 5.34. The molecule has 1 aromatic heterocycles. The van der Waals surface area contributed by atoms with Crippen LogP contribution in [0.3, 0.4) is 0 Å². The first kappa shape index (κ1) is 21.6. The zero-order chi connectivity index (χ0) is 22.9. The van der Waals surface area contributed by atoms with Gasteiger partial charge in [0.2, 0.25) is 0 Å². The molecule has 5 aromatic rings. The van der Waals surface area contributed by atoms with Crippen molar-refractivity contribution in [1.29, 1.82) is 0 Å². The zero-order valence-electron chi connectivity index (χ0n) is 18.4. The predicted octanol–water partition coefficient (Wildman–Crippen LogP) is 8.85. The van der Waals surface area contributed by atoms with E-state index < -0.39 is 0 Å². The van der Waals surface area contributed by atoms with Gasteiger partial charge in [0.15, 0.2) is 0 Å². The Morgan fingerprint density at radius 3 is 1.91 bits per heavy atom. The van der Waals surface area contributed by atoms with Gasteiger partial charge in [-0.05, 0) is 86.1 Å². The Morgan fingerprint density at radius 2 is 1.30 bits per heavy atom. The molecule has 5 heteroatoms. The van der Waals surface area contributed by atoms with Crippen molar-refractivity contribution in [3.8, 4) is 0 Å². The second kappa shape index (κ2) is 8.93. The van der Waals surface area contributed by atoms with Crippen LogP contribution in [0.1, 0.15) is 25.5 Å². The highest BCUT2D eigenvalue weighted by Gasteiger charge is 2.13. The molecule has 1 heterocycles. The van der Waals surface area contributed by atoms with Gasteiger partial charge in [0, 0.05) is 37.9 Å². The molecule has 0 radical (unpaired) electrons. The van der Waals surface area contributed by atoms with Crippen LogP contribution in [-0.4, -0.2) is 10.8 Å². The van der Waals surface area contributed by atoms with E-state index in [1.54, 1.807) is 0 Å². The molecule has 0 bridgehead atoms. The van der Waals surface area contributed by atoms with E-state index >= 15 is 0 Å². The van der Waals surface area contributed by atoms with Crippen molar-refractivity contribution in [2.45, 2.75) is 19.9 Å². The molecule has 0 atom stereocenters. The summed E-state index contributed by atoms with van der Waals surface area (Å²) in [6.45, 7) is 4.44. The third kappa shape index (κ3) is 4.22. The van der Waals surface area contributed by atoms with Gasteiger partial charge in [-0.3, -0.25) is 0 Å². The molecular weight excluding hydrogens is 449 g/mol. The predicted molar refractivity (Wildman–Crippen MR) is 142 cm³/mol. The number of benzene rings is 4. The maximum Gasteiger partial charge on any atom is 0.0653 e. The van der Waals surface area contributed by atoms with E-state index in [1.807, 2.05) is 59.8 Å². The number of fused-ring (bicyclic) bond motifs is 3. The van der Waals surface area contributed by atoms with E-state index in [9.17, 15) is 0 Å². The van der Waals surface area contributed by atoms with E-state index in [1.165, 1.54) is 21.8 Å². The van der Waals surface area contributed by atoms with E-state index in [-0.39, 0.29) is 0 Å². The molecule has 3 nitrogen and oxygen atoms in total. The fraction of sp³-hybridized carbons (Fsp3) is 0.107. The normalized spacial score (nSPS) is 11.8. The van der Waals surface area contributed by atoms with Gasteiger partial charge in [-0.25, -0.2) is 5.01 Å². The van der Waals surface area contributed by atoms with Crippen LogP contribution in [0, 0.1) is 0 Å². The minimum Gasteiger partial charge on any atom is -0.338 e. The van der Waals surface area contributed by atoms with E-state index in [4.69, 9.17) is 28.3 Å². The van der Waals surface area contributed by atoms with Gasteiger partial charge in [0.1, 0.15) is 0 Å². The van der Waals surface area contributed by atoms with Crippen LogP contribution in [-0.2, 0) is 0 Å². The summed E-state index contributed by atoms with van der Waals surface area (Å²) >= 11 is 12.2. The molecule has 0 spiro atoms. The minimum atomic E-state index is 0.372. The fourth-order valence-electron chi connectivity index (χ4n) is 4.23. The monoisotopic (exact) mass is 471 g/mol. The Morgan fingerprint density at radius 1 is 0.727 bits per heavy atom. The van der Waals surface area contributed by atoms with Crippen molar-refractivity contribution in [3.05, 3.63) is 107 Å². The highest BCUT2D eigenvalue weighted by atomic mass is 35.5. The lowest BCUT2D eigenvalue weighted by atomic mass is 10.1. The summed E-state index contributed by atoms with van der Waals surface area (Å²) in [5, 5.41) is 10.6. The van der Waals surface area contributed by atoms with Gasteiger partial charge >= 0.3 is 0 Å². The molecule has 0 unspecified atom stereocenters. The van der Waals surface area contributed by atoms with E-state index in [2.05, 4.69) is 60.9 Å². The molecule has 0 aliphatic carbocycles. The first-order valence-corrected chi connectivity index (χ1v) is 11.6. The van der Waals surface area contributed by atoms with Gasteiger partial charge in [0.25, 0.3) is 0 Å². The molecule has 5 rings (SSSR count). The van der Waals surface area contributed by atoms with Gasteiger partial charge in [-0.2, -0.15) is 5.10 Å². The van der Waals surface area contributed by atoms with Crippen molar-refractivity contribution in [3.63, 3.8) is 0 Å². The summed E-state index contributed by atoms with van der Waals surface area (Å²) in [6.07, 6.45) is 1.89. The lowest BCUT2D eigenvalue weighted by Gasteiger charge is -2.19. The first-order chi connectivity index (χ1) is 16.0. The summed E-state index contributed by atoms with van der Waals surface area (Å²) in [7, 11) is 0. The lowest BCUT2D eigenvalue weighted by molar-refractivity contribution is 0.642. The molecule has 0 amide bonds. The first-order valence-electron chi connectivity index (χ1n) is 10.9. The molecule has 0 fully saturated rings.